The number of amides is 1. The zero-order valence-corrected chi connectivity index (χ0v) is 24.6. The third-order valence-electron chi connectivity index (χ3n) is 5.77. The maximum Gasteiger partial charge on any atom is 0.269 e. The van der Waals surface area contributed by atoms with Crippen LogP contribution in [-0.4, -0.2) is 79.7 Å². The highest BCUT2D eigenvalue weighted by atomic mass is 32.2. The number of thiocarbonyl (C=S) groups is 1. The number of nitrogens with zero attached hydrogens (tertiary/aromatic N) is 2. The number of carbonyl (C=O) groups excluding carboxylic acids is 2. The van der Waals surface area contributed by atoms with Gasteiger partial charge < -0.3 is 24.4 Å². The van der Waals surface area contributed by atoms with Gasteiger partial charge in [-0.25, -0.2) is 0 Å². The van der Waals surface area contributed by atoms with E-state index in [0.29, 0.717) is 28.6 Å². The van der Waals surface area contributed by atoms with E-state index in [4.69, 9.17) is 21.5 Å². The van der Waals surface area contributed by atoms with Crippen molar-refractivity contribution in [2.24, 2.45) is 0 Å². The minimum Gasteiger partial charge on any atom is -0.548 e. The lowest BCUT2D eigenvalue weighted by molar-refractivity contribution is -0.894. The van der Waals surface area contributed by atoms with Crippen LogP contribution in [0, 0.1) is 0 Å². The van der Waals surface area contributed by atoms with Gasteiger partial charge in [0.05, 0.1) is 50.7 Å². The van der Waals surface area contributed by atoms with Gasteiger partial charge in [0.15, 0.2) is 0 Å². The van der Waals surface area contributed by atoms with E-state index in [0.717, 1.165) is 27.2 Å². The quantitative estimate of drug-likeness (QED) is 0.165. The molecule has 0 aromatic heterocycles. The Kier molecular flexibility index (Phi) is 12.2. The fourth-order valence-corrected chi connectivity index (χ4v) is 6.82. The number of nitrogens with one attached hydrogen (secondary N) is 1. The minimum atomic E-state index is -4.05. The molecule has 1 aromatic carbocycles. The standard InChI is InChI=1S/C17H18N2O7S4.C6H15N/c1-26-10-4-5-12-11(8-10)18(6-2-3-7-30(23,24)25)16(28-12)14-15(22)19(9-13(20)21)17(27)29-14;1-4-7(5-2)6-3/h4-5,8H,2-3,6-7,9H2,1H3,(H,20,21)(H,23,24,25);4-6H2,1-3H3. The van der Waals surface area contributed by atoms with E-state index >= 15 is 0 Å². The molecule has 0 saturated carbocycles. The van der Waals surface area contributed by atoms with Crippen molar-refractivity contribution < 1.29 is 37.3 Å². The summed E-state index contributed by atoms with van der Waals surface area (Å²) in [5.41, 5.74) is 0.784. The molecule has 37 heavy (non-hydrogen) atoms. The lowest BCUT2D eigenvalue weighted by Gasteiger charge is -2.22. The van der Waals surface area contributed by atoms with Crippen molar-refractivity contribution in [3.63, 3.8) is 0 Å². The number of methoxy groups -OCH3 is 1. The van der Waals surface area contributed by atoms with Gasteiger partial charge in [0.25, 0.3) is 16.0 Å². The summed E-state index contributed by atoms with van der Waals surface area (Å²) in [7, 11) is -2.52. The number of aliphatic carboxylic acids is 1. The van der Waals surface area contributed by atoms with Gasteiger partial charge in [-0.05, 0) is 45.7 Å². The van der Waals surface area contributed by atoms with Crippen LogP contribution >= 0.6 is 35.7 Å². The molecular formula is C23H33N3O7S4. The molecule has 206 valence electrons. The molecule has 0 unspecified atom stereocenters. The van der Waals surface area contributed by atoms with Crippen molar-refractivity contribution in [1.82, 2.24) is 4.90 Å². The number of fused-ring (bicyclic) bond motifs is 1. The molecule has 2 N–H and O–H groups in total. The highest BCUT2D eigenvalue weighted by Crippen LogP contribution is 2.51. The molecule has 3 rings (SSSR count). The number of quaternary nitrogens is 1. The molecule has 14 heteroatoms. The third kappa shape index (κ3) is 8.86. The van der Waals surface area contributed by atoms with Gasteiger partial charge in [0.2, 0.25) is 0 Å². The molecule has 1 aromatic rings. The number of thioether (sulfide) groups is 2. The van der Waals surface area contributed by atoms with Crippen molar-refractivity contribution in [2.75, 3.05) is 50.5 Å². The summed E-state index contributed by atoms with van der Waals surface area (Å²) in [5, 5.41) is 11.5. The summed E-state index contributed by atoms with van der Waals surface area (Å²) in [5.74, 6) is -1.67. The molecular weight excluding hydrogens is 559 g/mol. The molecule has 0 atom stereocenters. The topological polar surface area (TPSA) is 132 Å². The van der Waals surface area contributed by atoms with E-state index in [9.17, 15) is 23.1 Å². The highest BCUT2D eigenvalue weighted by molar-refractivity contribution is 8.27. The first-order chi connectivity index (χ1) is 17.4. The first-order valence-electron chi connectivity index (χ1n) is 11.9. The Morgan fingerprint density at radius 2 is 1.78 bits per heavy atom. The fourth-order valence-electron chi connectivity index (χ4n) is 3.68. The zero-order chi connectivity index (χ0) is 27.8. The lowest BCUT2D eigenvalue weighted by atomic mass is 10.2. The normalized spacial score (nSPS) is 17.2. The monoisotopic (exact) mass is 591 g/mol. The Hall–Kier alpha value is -1.84. The average Bonchev–Trinajstić information content (AvgIpc) is 3.33. The van der Waals surface area contributed by atoms with Crippen LogP contribution in [0.5, 0.6) is 5.75 Å². The third-order valence-corrected chi connectivity index (χ3v) is 9.33. The molecule has 0 spiro atoms. The Balaban J connectivity index is 0.000000604. The Bertz CT molecular complexity index is 1130. The number of hydrogen-bond donors (Lipinski definition) is 2. The molecule has 2 aliphatic heterocycles. The number of unbranched alkanes of at least 4 members (excludes halogenated alkanes) is 1. The summed E-state index contributed by atoms with van der Waals surface area (Å²) in [6, 6.07) is 5.44. The number of ether oxygens (including phenoxy) is 1. The summed E-state index contributed by atoms with van der Waals surface area (Å²) < 4.78 is 36.3. The van der Waals surface area contributed by atoms with Crippen LogP contribution in [0.25, 0.3) is 0 Å². The maximum absolute atomic E-state index is 12.8. The highest BCUT2D eigenvalue weighted by Gasteiger charge is 2.39. The SMILES string of the molecule is CC[NH+](CC)CC.COc1ccc2c(c1)N(CCCCS(=O)(=O)O)C(=C1SC(=S)N(CC(=O)[O-])C1=O)S2. The minimum absolute atomic E-state index is 0.132. The van der Waals surface area contributed by atoms with Gasteiger partial charge in [-0.15, -0.1) is 0 Å². The van der Waals surface area contributed by atoms with Crippen molar-refractivity contribution >= 4 is 67.7 Å². The summed E-state index contributed by atoms with van der Waals surface area (Å²) in [4.78, 5) is 29.5. The number of carbonyl (C=O) groups is 2. The first kappa shape index (κ1) is 31.4. The number of anilines is 1. The van der Waals surface area contributed by atoms with Gasteiger partial charge in [-0.3, -0.25) is 14.2 Å². The van der Waals surface area contributed by atoms with Crippen molar-refractivity contribution in [1.29, 1.82) is 0 Å². The van der Waals surface area contributed by atoms with Crippen LogP contribution in [0.1, 0.15) is 33.6 Å². The van der Waals surface area contributed by atoms with Crippen LogP contribution in [0.15, 0.2) is 33.0 Å². The predicted octanol–water partition coefficient (Wildman–Crippen LogP) is 0.986. The molecule has 1 saturated heterocycles. The lowest BCUT2D eigenvalue weighted by Crippen LogP contribution is -3.11. The predicted molar refractivity (Wildman–Crippen MR) is 148 cm³/mol. The number of carboxylic acid groups (broad SMARTS) is 1. The van der Waals surface area contributed by atoms with Crippen molar-refractivity contribution in [3.8, 4) is 5.75 Å². The number of benzene rings is 1. The molecule has 1 fully saturated rings. The van der Waals surface area contributed by atoms with Gasteiger partial charge in [0.1, 0.15) is 20.0 Å². The van der Waals surface area contributed by atoms with E-state index < -0.39 is 28.5 Å². The zero-order valence-electron chi connectivity index (χ0n) is 21.3. The second kappa shape index (κ2) is 14.4. The molecule has 2 aliphatic rings. The first-order valence-corrected chi connectivity index (χ1v) is 15.5. The van der Waals surface area contributed by atoms with Gasteiger partial charge in [-0.2, -0.15) is 8.42 Å². The van der Waals surface area contributed by atoms with Crippen molar-refractivity contribution in [2.45, 2.75) is 38.5 Å². The van der Waals surface area contributed by atoms with E-state index in [-0.39, 0.29) is 16.5 Å². The number of carboxylic acids is 1. The Labute approximate surface area is 232 Å². The summed E-state index contributed by atoms with van der Waals surface area (Å²) in [6.07, 6.45) is 0.665. The second-order valence-corrected chi connectivity index (χ2v) is 12.4. The molecule has 0 aliphatic carbocycles. The molecule has 0 bridgehead atoms. The average molecular weight is 592 g/mol. The van der Waals surface area contributed by atoms with E-state index in [2.05, 4.69) is 20.8 Å². The fraction of sp³-hybridized carbons (Fsp3) is 0.522. The summed E-state index contributed by atoms with van der Waals surface area (Å²) in [6.45, 7) is 10.2. The molecule has 2 heterocycles. The van der Waals surface area contributed by atoms with Crippen LogP contribution in [0.3, 0.4) is 0 Å². The van der Waals surface area contributed by atoms with E-state index in [1.807, 2.05) is 11.0 Å². The Morgan fingerprint density at radius 1 is 1.14 bits per heavy atom. The molecule has 1 amide bonds. The van der Waals surface area contributed by atoms with Crippen LogP contribution in [0.4, 0.5) is 5.69 Å². The van der Waals surface area contributed by atoms with Crippen LogP contribution in [-0.2, 0) is 19.7 Å². The van der Waals surface area contributed by atoms with Crippen LogP contribution in [0.2, 0.25) is 0 Å². The largest absolute Gasteiger partial charge is 0.548 e. The number of hydrogen-bond acceptors (Lipinski definition) is 10. The Morgan fingerprint density at radius 3 is 2.30 bits per heavy atom. The van der Waals surface area contributed by atoms with Gasteiger partial charge >= 0.3 is 0 Å². The smallest absolute Gasteiger partial charge is 0.269 e. The van der Waals surface area contributed by atoms with Crippen molar-refractivity contribution in [3.05, 3.63) is 28.1 Å². The maximum atomic E-state index is 12.8. The van der Waals surface area contributed by atoms with Crippen LogP contribution < -0.4 is 19.6 Å². The summed E-state index contributed by atoms with van der Waals surface area (Å²) >= 11 is 7.52. The van der Waals surface area contributed by atoms with Gasteiger partial charge in [-0.1, -0.05) is 35.7 Å². The van der Waals surface area contributed by atoms with E-state index in [1.165, 1.54) is 38.5 Å². The second-order valence-electron chi connectivity index (χ2n) is 8.16. The number of rotatable bonds is 11. The molecule has 0 radical (unpaired) electrons. The van der Waals surface area contributed by atoms with Gasteiger partial charge in [0, 0.05) is 17.5 Å². The van der Waals surface area contributed by atoms with E-state index in [1.54, 1.807) is 17.0 Å². The molecule has 10 nitrogen and oxygen atoms in total.